The summed E-state index contributed by atoms with van der Waals surface area (Å²) in [6, 6.07) is 13.9. The van der Waals surface area contributed by atoms with Gasteiger partial charge in [-0.15, -0.1) is 0 Å². The summed E-state index contributed by atoms with van der Waals surface area (Å²) >= 11 is 0. The van der Waals surface area contributed by atoms with E-state index in [-0.39, 0.29) is 5.69 Å². The van der Waals surface area contributed by atoms with Gasteiger partial charge in [-0.3, -0.25) is 10.1 Å². The SMILES string of the molecule is O=[N+]([O-])c1cccc(Nc2nc3ccccc3[nH]2)c1. The lowest BCUT2D eigenvalue weighted by atomic mass is 10.3. The van der Waals surface area contributed by atoms with Gasteiger partial charge in [-0.1, -0.05) is 18.2 Å². The van der Waals surface area contributed by atoms with Crippen LogP contribution in [0.15, 0.2) is 48.5 Å². The van der Waals surface area contributed by atoms with E-state index >= 15 is 0 Å². The van der Waals surface area contributed by atoms with Crippen molar-refractivity contribution in [1.82, 2.24) is 9.97 Å². The molecule has 0 aliphatic rings. The maximum absolute atomic E-state index is 10.7. The van der Waals surface area contributed by atoms with Gasteiger partial charge >= 0.3 is 0 Å². The number of para-hydroxylation sites is 2. The van der Waals surface area contributed by atoms with Crippen LogP contribution in [-0.4, -0.2) is 14.9 Å². The molecular formula is C13H10N4O2. The first-order valence-corrected chi connectivity index (χ1v) is 5.68. The largest absolute Gasteiger partial charge is 0.326 e. The summed E-state index contributed by atoms with van der Waals surface area (Å²) in [6.07, 6.45) is 0. The maximum Gasteiger partial charge on any atom is 0.271 e. The third-order valence-electron chi connectivity index (χ3n) is 2.71. The van der Waals surface area contributed by atoms with Crippen molar-refractivity contribution in [3.05, 3.63) is 58.6 Å². The Balaban J connectivity index is 1.92. The average molecular weight is 254 g/mol. The molecule has 0 aliphatic carbocycles. The van der Waals surface area contributed by atoms with Gasteiger partial charge in [0.25, 0.3) is 5.69 Å². The van der Waals surface area contributed by atoms with E-state index in [9.17, 15) is 10.1 Å². The molecule has 6 heteroatoms. The van der Waals surface area contributed by atoms with E-state index in [1.165, 1.54) is 12.1 Å². The Morgan fingerprint density at radius 1 is 1.16 bits per heavy atom. The van der Waals surface area contributed by atoms with Crippen LogP contribution in [0.1, 0.15) is 0 Å². The second-order valence-corrected chi connectivity index (χ2v) is 4.03. The number of nitrogens with one attached hydrogen (secondary N) is 2. The molecule has 0 atom stereocenters. The highest BCUT2D eigenvalue weighted by Crippen LogP contribution is 2.21. The number of non-ortho nitro benzene ring substituents is 1. The van der Waals surface area contributed by atoms with Crippen LogP contribution in [-0.2, 0) is 0 Å². The van der Waals surface area contributed by atoms with Crippen molar-refractivity contribution in [1.29, 1.82) is 0 Å². The minimum Gasteiger partial charge on any atom is -0.326 e. The number of fused-ring (bicyclic) bond motifs is 1. The fourth-order valence-corrected chi connectivity index (χ4v) is 1.85. The molecule has 3 rings (SSSR count). The highest BCUT2D eigenvalue weighted by molar-refractivity contribution is 5.78. The van der Waals surface area contributed by atoms with Crippen LogP contribution in [0.5, 0.6) is 0 Å². The first-order chi connectivity index (χ1) is 9.22. The molecule has 6 nitrogen and oxygen atoms in total. The van der Waals surface area contributed by atoms with Crippen molar-refractivity contribution in [2.75, 3.05) is 5.32 Å². The van der Waals surface area contributed by atoms with Crippen LogP contribution in [0.3, 0.4) is 0 Å². The first-order valence-electron chi connectivity index (χ1n) is 5.68. The minimum absolute atomic E-state index is 0.0427. The van der Waals surface area contributed by atoms with Gasteiger partial charge in [0.1, 0.15) is 0 Å². The second-order valence-electron chi connectivity index (χ2n) is 4.03. The molecule has 1 heterocycles. The predicted octanol–water partition coefficient (Wildman–Crippen LogP) is 3.21. The summed E-state index contributed by atoms with van der Waals surface area (Å²) in [5, 5.41) is 13.7. The fraction of sp³-hybridized carbons (Fsp3) is 0. The number of imidazole rings is 1. The highest BCUT2D eigenvalue weighted by atomic mass is 16.6. The number of nitro groups is 1. The summed E-state index contributed by atoms with van der Waals surface area (Å²) in [5.74, 6) is 0.557. The Hall–Kier alpha value is -2.89. The Morgan fingerprint density at radius 3 is 2.79 bits per heavy atom. The van der Waals surface area contributed by atoms with Crippen molar-refractivity contribution in [3.63, 3.8) is 0 Å². The average Bonchev–Trinajstić information content (AvgIpc) is 2.81. The Morgan fingerprint density at radius 2 is 2.00 bits per heavy atom. The molecule has 94 valence electrons. The number of anilines is 2. The number of rotatable bonds is 3. The zero-order chi connectivity index (χ0) is 13.2. The number of benzene rings is 2. The van der Waals surface area contributed by atoms with Crippen molar-refractivity contribution in [2.24, 2.45) is 0 Å². The predicted molar refractivity (Wildman–Crippen MR) is 72.5 cm³/mol. The van der Waals surface area contributed by atoms with Crippen LogP contribution in [0, 0.1) is 10.1 Å². The van der Waals surface area contributed by atoms with Crippen LogP contribution < -0.4 is 5.32 Å². The van der Waals surface area contributed by atoms with E-state index in [1.54, 1.807) is 12.1 Å². The molecule has 0 spiro atoms. The number of nitrogens with zero attached hydrogens (tertiary/aromatic N) is 2. The number of H-pyrrole nitrogens is 1. The molecule has 0 saturated carbocycles. The zero-order valence-corrected chi connectivity index (χ0v) is 9.83. The van der Waals surface area contributed by atoms with Crippen molar-refractivity contribution < 1.29 is 4.92 Å². The van der Waals surface area contributed by atoms with E-state index in [0.717, 1.165) is 11.0 Å². The molecule has 0 radical (unpaired) electrons. The van der Waals surface area contributed by atoms with Crippen molar-refractivity contribution in [3.8, 4) is 0 Å². The topological polar surface area (TPSA) is 83.8 Å². The number of nitro benzene ring substituents is 1. The standard InChI is InChI=1S/C13H10N4O2/c18-17(19)10-5-3-4-9(8-10)14-13-15-11-6-1-2-7-12(11)16-13/h1-8H,(H2,14,15,16). The van der Waals surface area contributed by atoms with Crippen LogP contribution in [0.25, 0.3) is 11.0 Å². The maximum atomic E-state index is 10.7. The molecule has 0 aliphatic heterocycles. The van der Waals surface area contributed by atoms with Crippen LogP contribution in [0.4, 0.5) is 17.3 Å². The Labute approximate surface area is 108 Å². The number of aromatic nitrogens is 2. The Bertz CT molecular complexity index is 718. The molecule has 1 aromatic heterocycles. The van der Waals surface area contributed by atoms with Gasteiger partial charge < -0.3 is 10.3 Å². The summed E-state index contributed by atoms with van der Waals surface area (Å²) in [6.45, 7) is 0. The first kappa shape index (κ1) is 11.2. The lowest BCUT2D eigenvalue weighted by molar-refractivity contribution is -0.384. The molecular weight excluding hydrogens is 244 g/mol. The highest BCUT2D eigenvalue weighted by Gasteiger charge is 2.07. The normalized spacial score (nSPS) is 10.5. The van der Waals surface area contributed by atoms with Gasteiger partial charge in [0.05, 0.1) is 16.0 Å². The Kier molecular flexibility index (Phi) is 2.60. The summed E-state index contributed by atoms with van der Waals surface area (Å²) in [5.41, 5.74) is 2.42. The third kappa shape index (κ3) is 2.23. The van der Waals surface area contributed by atoms with E-state index in [2.05, 4.69) is 15.3 Å². The summed E-state index contributed by atoms with van der Waals surface area (Å²) in [4.78, 5) is 17.7. The molecule has 0 bridgehead atoms. The molecule has 2 N–H and O–H groups in total. The molecule has 0 amide bonds. The van der Waals surface area contributed by atoms with Crippen LogP contribution in [0.2, 0.25) is 0 Å². The lowest BCUT2D eigenvalue weighted by Gasteiger charge is -2.01. The minimum atomic E-state index is -0.427. The van der Waals surface area contributed by atoms with Crippen LogP contribution >= 0.6 is 0 Å². The van der Waals surface area contributed by atoms with Gasteiger partial charge in [-0.2, -0.15) is 0 Å². The smallest absolute Gasteiger partial charge is 0.271 e. The molecule has 2 aromatic carbocycles. The van der Waals surface area contributed by atoms with Gasteiger partial charge in [-0.25, -0.2) is 4.98 Å². The number of aromatic amines is 1. The van der Waals surface area contributed by atoms with Gasteiger partial charge in [-0.05, 0) is 18.2 Å². The van der Waals surface area contributed by atoms with E-state index in [0.29, 0.717) is 11.6 Å². The van der Waals surface area contributed by atoms with E-state index in [1.807, 2.05) is 24.3 Å². The van der Waals surface area contributed by atoms with Gasteiger partial charge in [0.15, 0.2) is 0 Å². The quantitative estimate of drug-likeness (QED) is 0.555. The zero-order valence-electron chi connectivity index (χ0n) is 9.83. The van der Waals surface area contributed by atoms with Crippen molar-refractivity contribution in [2.45, 2.75) is 0 Å². The second kappa shape index (κ2) is 4.41. The van der Waals surface area contributed by atoms with E-state index in [4.69, 9.17) is 0 Å². The monoisotopic (exact) mass is 254 g/mol. The molecule has 3 aromatic rings. The molecule has 0 fully saturated rings. The van der Waals surface area contributed by atoms with Gasteiger partial charge in [0, 0.05) is 17.8 Å². The van der Waals surface area contributed by atoms with E-state index < -0.39 is 4.92 Å². The summed E-state index contributed by atoms with van der Waals surface area (Å²) < 4.78 is 0. The number of hydrogen-bond acceptors (Lipinski definition) is 4. The number of hydrogen-bond donors (Lipinski definition) is 2. The lowest BCUT2D eigenvalue weighted by Crippen LogP contribution is -1.94. The van der Waals surface area contributed by atoms with Gasteiger partial charge in [0.2, 0.25) is 5.95 Å². The summed E-state index contributed by atoms with van der Waals surface area (Å²) in [7, 11) is 0. The molecule has 19 heavy (non-hydrogen) atoms. The molecule has 0 unspecified atom stereocenters. The molecule has 0 saturated heterocycles. The fourth-order valence-electron chi connectivity index (χ4n) is 1.85. The van der Waals surface area contributed by atoms with Crippen molar-refractivity contribution >= 4 is 28.4 Å². The third-order valence-corrected chi connectivity index (χ3v) is 2.71.